The second kappa shape index (κ2) is 6.67. The molecule has 2 aliphatic heterocycles. The second-order valence-corrected chi connectivity index (χ2v) is 5.83. The van der Waals surface area contributed by atoms with Crippen molar-refractivity contribution in [1.29, 1.82) is 0 Å². The first-order valence-corrected chi connectivity index (χ1v) is 7.68. The van der Waals surface area contributed by atoms with Crippen LogP contribution in [0.1, 0.15) is 24.3 Å². The van der Waals surface area contributed by atoms with Crippen LogP contribution in [0.15, 0.2) is 22.7 Å². The van der Waals surface area contributed by atoms with Crippen molar-refractivity contribution in [2.45, 2.75) is 25.7 Å². The SMILES string of the molecule is Cl.c1cc2c(cc1-c1noc(CCC3CCNC3)n1)CCO2. The van der Waals surface area contributed by atoms with E-state index in [0.29, 0.717) is 5.82 Å². The number of hydrogen-bond donors (Lipinski definition) is 1. The highest BCUT2D eigenvalue weighted by molar-refractivity contribution is 5.85. The number of nitrogens with one attached hydrogen (secondary N) is 1. The first-order chi connectivity index (χ1) is 10.4. The standard InChI is InChI=1S/C16H19N3O2.ClH/c1(11-5-7-17-10-11)4-15-18-16(19-21-15)13-2-3-14-12(9-13)6-8-20-14;/h2-3,9,11,17H,1,4-8,10H2;1H. The molecule has 22 heavy (non-hydrogen) atoms. The van der Waals surface area contributed by atoms with Crippen LogP contribution in [-0.4, -0.2) is 29.8 Å². The minimum atomic E-state index is 0. The van der Waals surface area contributed by atoms with Gasteiger partial charge in [-0.25, -0.2) is 0 Å². The number of aryl methyl sites for hydroxylation is 1. The van der Waals surface area contributed by atoms with Crippen molar-refractivity contribution in [2.24, 2.45) is 5.92 Å². The van der Waals surface area contributed by atoms with E-state index in [1.165, 1.54) is 12.0 Å². The summed E-state index contributed by atoms with van der Waals surface area (Å²) in [5.41, 5.74) is 2.24. The van der Waals surface area contributed by atoms with Gasteiger partial charge in [0.25, 0.3) is 0 Å². The molecule has 0 spiro atoms. The van der Waals surface area contributed by atoms with Crippen LogP contribution in [0.4, 0.5) is 0 Å². The molecule has 0 aliphatic carbocycles. The molecule has 1 N–H and O–H groups in total. The van der Waals surface area contributed by atoms with Crippen molar-refractivity contribution < 1.29 is 9.26 Å². The number of nitrogens with zero attached hydrogens (tertiary/aromatic N) is 2. The molecule has 1 aromatic carbocycles. The highest BCUT2D eigenvalue weighted by Gasteiger charge is 2.18. The third kappa shape index (κ3) is 3.10. The molecule has 1 saturated heterocycles. The zero-order valence-electron chi connectivity index (χ0n) is 12.4. The van der Waals surface area contributed by atoms with E-state index in [-0.39, 0.29) is 12.4 Å². The van der Waals surface area contributed by atoms with E-state index >= 15 is 0 Å². The summed E-state index contributed by atoms with van der Waals surface area (Å²) in [4.78, 5) is 4.53. The molecule has 0 radical (unpaired) electrons. The van der Waals surface area contributed by atoms with Gasteiger partial charge in [0.1, 0.15) is 5.75 Å². The van der Waals surface area contributed by atoms with Crippen LogP contribution in [0.5, 0.6) is 5.75 Å². The van der Waals surface area contributed by atoms with Crippen LogP contribution in [0.3, 0.4) is 0 Å². The fourth-order valence-corrected chi connectivity index (χ4v) is 3.09. The van der Waals surface area contributed by atoms with E-state index in [0.717, 1.165) is 62.1 Å². The van der Waals surface area contributed by atoms with Gasteiger partial charge in [-0.3, -0.25) is 0 Å². The van der Waals surface area contributed by atoms with Gasteiger partial charge >= 0.3 is 0 Å². The maximum atomic E-state index is 5.52. The Kier molecular flexibility index (Phi) is 4.64. The third-order valence-electron chi connectivity index (χ3n) is 4.34. The molecule has 3 heterocycles. The van der Waals surface area contributed by atoms with Crippen LogP contribution in [0, 0.1) is 5.92 Å². The van der Waals surface area contributed by atoms with Crippen LogP contribution < -0.4 is 10.1 Å². The molecule has 1 fully saturated rings. The highest BCUT2D eigenvalue weighted by atomic mass is 35.5. The van der Waals surface area contributed by atoms with E-state index in [9.17, 15) is 0 Å². The lowest BCUT2D eigenvalue weighted by Crippen LogP contribution is -2.09. The third-order valence-corrected chi connectivity index (χ3v) is 4.34. The average molecular weight is 322 g/mol. The van der Waals surface area contributed by atoms with Crippen molar-refractivity contribution in [1.82, 2.24) is 15.5 Å². The summed E-state index contributed by atoms with van der Waals surface area (Å²) in [5, 5.41) is 7.50. The van der Waals surface area contributed by atoms with Gasteiger partial charge in [-0.1, -0.05) is 5.16 Å². The molecule has 1 atom stereocenters. The van der Waals surface area contributed by atoms with E-state index in [2.05, 4.69) is 21.5 Å². The second-order valence-electron chi connectivity index (χ2n) is 5.83. The number of halogens is 1. The fourth-order valence-electron chi connectivity index (χ4n) is 3.09. The number of hydrogen-bond acceptors (Lipinski definition) is 5. The summed E-state index contributed by atoms with van der Waals surface area (Å²) >= 11 is 0. The minimum absolute atomic E-state index is 0. The van der Waals surface area contributed by atoms with E-state index < -0.39 is 0 Å². The Balaban J connectivity index is 0.00000144. The number of rotatable bonds is 4. The largest absolute Gasteiger partial charge is 0.493 e. The lowest BCUT2D eigenvalue weighted by Gasteiger charge is -2.04. The molecule has 4 rings (SSSR count). The van der Waals surface area contributed by atoms with Gasteiger partial charge < -0.3 is 14.6 Å². The molecule has 0 saturated carbocycles. The Morgan fingerprint density at radius 1 is 1.32 bits per heavy atom. The van der Waals surface area contributed by atoms with Gasteiger partial charge in [-0.05, 0) is 55.6 Å². The summed E-state index contributed by atoms with van der Waals surface area (Å²) < 4.78 is 10.9. The smallest absolute Gasteiger partial charge is 0.226 e. The van der Waals surface area contributed by atoms with Crippen molar-refractivity contribution in [2.75, 3.05) is 19.7 Å². The topological polar surface area (TPSA) is 60.2 Å². The summed E-state index contributed by atoms with van der Waals surface area (Å²) in [6, 6.07) is 6.11. The van der Waals surface area contributed by atoms with Crippen molar-refractivity contribution in [3.05, 3.63) is 29.7 Å². The summed E-state index contributed by atoms with van der Waals surface area (Å²) in [6.07, 6.45) is 4.20. The predicted octanol–water partition coefficient (Wildman–Crippen LogP) is 2.64. The Labute approximate surface area is 135 Å². The molecule has 118 valence electrons. The van der Waals surface area contributed by atoms with Crippen LogP contribution in [-0.2, 0) is 12.8 Å². The number of benzene rings is 1. The van der Waals surface area contributed by atoms with Gasteiger partial charge in [0.05, 0.1) is 6.61 Å². The minimum Gasteiger partial charge on any atom is -0.493 e. The van der Waals surface area contributed by atoms with E-state index in [1.54, 1.807) is 0 Å². The van der Waals surface area contributed by atoms with Gasteiger partial charge in [-0.15, -0.1) is 12.4 Å². The molecular weight excluding hydrogens is 302 g/mol. The Hall–Kier alpha value is -1.59. The number of ether oxygens (including phenoxy) is 1. The summed E-state index contributed by atoms with van der Waals surface area (Å²) in [6.45, 7) is 3.02. The molecule has 6 heteroatoms. The maximum Gasteiger partial charge on any atom is 0.226 e. The summed E-state index contributed by atoms with van der Waals surface area (Å²) in [5.74, 6) is 3.16. The first kappa shape index (κ1) is 15.3. The van der Waals surface area contributed by atoms with Gasteiger partial charge in [0.15, 0.2) is 0 Å². The first-order valence-electron chi connectivity index (χ1n) is 7.68. The molecule has 1 aromatic heterocycles. The molecule has 5 nitrogen and oxygen atoms in total. The predicted molar refractivity (Wildman–Crippen MR) is 85.5 cm³/mol. The zero-order valence-corrected chi connectivity index (χ0v) is 13.2. The van der Waals surface area contributed by atoms with Gasteiger partial charge in [0.2, 0.25) is 11.7 Å². The molecule has 0 bridgehead atoms. The van der Waals surface area contributed by atoms with Crippen LogP contribution in [0.25, 0.3) is 11.4 Å². The molecule has 1 unspecified atom stereocenters. The summed E-state index contributed by atoms with van der Waals surface area (Å²) in [7, 11) is 0. The lowest BCUT2D eigenvalue weighted by atomic mass is 10.0. The monoisotopic (exact) mass is 321 g/mol. The lowest BCUT2D eigenvalue weighted by molar-refractivity contribution is 0.357. The number of aromatic nitrogens is 2. The van der Waals surface area contributed by atoms with Crippen molar-refractivity contribution in [3.63, 3.8) is 0 Å². The Morgan fingerprint density at radius 3 is 3.14 bits per heavy atom. The normalized spacial score (nSPS) is 19.5. The molecule has 2 aromatic rings. The average Bonchev–Trinajstić information content (AvgIpc) is 3.25. The van der Waals surface area contributed by atoms with Gasteiger partial charge in [0, 0.05) is 18.4 Å². The van der Waals surface area contributed by atoms with Crippen LogP contribution >= 0.6 is 12.4 Å². The Morgan fingerprint density at radius 2 is 2.27 bits per heavy atom. The quantitative estimate of drug-likeness (QED) is 0.938. The van der Waals surface area contributed by atoms with Crippen molar-refractivity contribution in [3.8, 4) is 17.1 Å². The zero-order chi connectivity index (χ0) is 14.1. The van der Waals surface area contributed by atoms with Crippen molar-refractivity contribution >= 4 is 12.4 Å². The maximum absolute atomic E-state index is 5.52. The molecule has 2 aliphatic rings. The van der Waals surface area contributed by atoms with E-state index in [1.807, 2.05) is 12.1 Å². The fraction of sp³-hybridized carbons (Fsp3) is 0.500. The Bertz CT molecular complexity index is 638. The van der Waals surface area contributed by atoms with Crippen LogP contribution in [0.2, 0.25) is 0 Å². The highest BCUT2D eigenvalue weighted by Crippen LogP contribution is 2.29. The molecular formula is C16H20ClN3O2. The van der Waals surface area contributed by atoms with Gasteiger partial charge in [-0.2, -0.15) is 4.98 Å². The number of fused-ring (bicyclic) bond motifs is 1. The van der Waals surface area contributed by atoms with E-state index in [4.69, 9.17) is 9.26 Å². The molecule has 0 amide bonds.